The van der Waals surface area contributed by atoms with Crippen LogP contribution in [0.3, 0.4) is 0 Å². The first-order chi connectivity index (χ1) is 5.05. The standard InChI is InChI=1S/C6H14N2O2S/c1-2-8(7)6-3-4-11(9,10)5-6/h6H,2-5,7H2,1H3. The van der Waals surface area contributed by atoms with E-state index in [4.69, 9.17) is 5.84 Å². The third-order valence-corrected chi connectivity index (χ3v) is 3.79. The summed E-state index contributed by atoms with van der Waals surface area (Å²) in [6.45, 7) is 2.63. The first-order valence-electron chi connectivity index (χ1n) is 3.77. The Morgan fingerprint density at radius 1 is 1.64 bits per heavy atom. The van der Waals surface area contributed by atoms with Gasteiger partial charge in [-0.25, -0.2) is 13.4 Å². The molecule has 1 aliphatic rings. The van der Waals surface area contributed by atoms with Gasteiger partial charge in [0.2, 0.25) is 0 Å². The average molecular weight is 178 g/mol. The van der Waals surface area contributed by atoms with Crippen molar-refractivity contribution in [2.45, 2.75) is 19.4 Å². The molecule has 1 atom stereocenters. The lowest BCUT2D eigenvalue weighted by molar-refractivity contribution is 0.230. The van der Waals surface area contributed by atoms with E-state index in [0.29, 0.717) is 18.7 Å². The maximum absolute atomic E-state index is 11.0. The summed E-state index contributed by atoms with van der Waals surface area (Å²) in [5.74, 6) is 6.10. The van der Waals surface area contributed by atoms with Crippen LogP contribution < -0.4 is 5.84 Å². The van der Waals surface area contributed by atoms with Gasteiger partial charge in [0, 0.05) is 12.6 Å². The van der Waals surface area contributed by atoms with E-state index in [1.807, 2.05) is 6.92 Å². The summed E-state index contributed by atoms with van der Waals surface area (Å²) in [5, 5.41) is 1.60. The van der Waals surface area contributed by atoms with Gasteiger partial charge in [0.25, 0.3) is 0 Å². The van der Waals surface area contributed by atoms with Crippen molar-refractivity contribution >= 4 is 9.84 Å². The first kappa shape index (κ1) is 8.96. The van der Waals surface area contributed by atoms with Crippen molar-refractivity contribution in [2.75, 3.05) is 18.1 Å². The van der Waals surface area contributed by atoms with Crippen molar-refractivity contribution in [3.8, 4) is 0 Å². The van der Waals surface area contributed by atoms with Crippen LogP contribution in [0.15, 0.2) is 0 Å². The molecule has 1 unspecified atom stereocenters. The van der Waals surface area contributed by atoms with Crippen LogP contribution in [0.2, 0.25) is 0 Å². The Kier molecular flexibility index (Phi) is 2.51. The van der Waals surface area contributed by atoms with Gasteiger partial charge in [0.15, 0.2) is 9.84 Å². The van der Waals surface area contributed by atoms with Crippen LogP contribution in [0.1, 0.15) is 13.3 Å². The minimum atomic E-state index is -2.77. The molecule has 4 nitrogen and oxygen atoms in total. The van der Waals surface area contributed by atoms with Crippen LogP contribution in [0, 0.1) is 0 Å². The molecule has 0 spiro atoms. The van der Waals surface area contributed by atoms with E-state index < -0.39 is 9.84 Å². The molecular formula is C6H14N2O2S. The number of hydrogen-bond donors (Lipinski definition) is 1. The zero-order valence-corrected chi connectivity index (χ0v) is 7.47. The van der Waals surface area contributed by atoms with E-state index in [1.54, 1.807) is 5.01 Å². The van der Waals surface area contributed by atoms with Gasteiger partial charge in [-0.15, -0.1) is 0 Å². The van der Waals surface area contributed by atoms with Crippen molar-refractivity contribution in [1.82, 2.24) is 5.01 Å². The molecule has 1 saturated heterocycles. The summed E-state index contributed by atoms with van der Waals surface area (Å²) in [6.07, 6.45) is 0.687. The number of hydrazine groups is 1. The van der Waals surface area contributed by atoms with Gasteiger partial charge >= 0.3 is 0 Å². The van der Waals surface area contributed by atoms with Crippen LogP contribution in [-0.4, -0.2) is 37.5 Å². The zero-order valence-electron chi connectivity index (χ0n) is 6.66. The van der Waals surface area contributed by atoms with Gasteiger partial charge in [-0.3, -0.25) is 5.84 Å². The summed E-state index contributed by atoms with van der Waals surface area (Å²) >= 11 is 0. The number of hydrogen-bond acceptors (Lipinski definition) is 4. The molecule has 1 heterocycles. The monoisotopic (exact) mass is 178 g/mol. The van der Waals surface area contributed by atoms with Crippen molar-refractivity contribution in [2.24, 2.45) is 5.84 Å². The predicted molar refractivity (Wildman–Crippen MR) is 43.6 cm³/mol. The van der Waals surface area contributed by atoms with E-state index in [9.17, 15) is 8.42 Å². The van der Waals surface area contributed by atoms with Crippen LogP contribution in [0.4, 0.5) is 0 Å². The Morgan fingerprint density at radius 3 is 2.64 bits per heavy atom. The van der Waals surface area contributed by atoms with E-state index in [0.717, 1.165) is 0 Å². The van der Waals surface area contributed by atoms with Gasteiger partial charge < -0.3 is 0 Å². The fourth-order valence-corrected chi connectivity index (χ4v) is 3.04. The smallest absolute Gasteiger partial charge is 0.151 e. The molecule has 11 heavy (non-hydrogen) atoms. The number of rotatable bonds is 2. The quantitative estimate of drug-likeness (QED) is 0.451. The topological polar surface area (TPSA) is 63.4 Å². The highest BCUT2D eigenvalue weighted by Crippen LogP contribution is 2.14. The van der Waals surface area contributed by atoms with Gasteiger partial charge in [-0.1, -0.05) is 6.92 Å². The Bertz CT molecular complexity index is 225. The SMILES string of the molecule is CCN(N)C1CCS(=O)(=O)C1. The van der Waals surface area contributed by atoms with Crippen LogP contribution in [0.5, 0.6) is 0 Å². The molecule has 0 radical (unpaired) electrons. The highest BCUT2D eigenvalue weighted by atomic mass is 32.2. The van der Waals surface area contributed by atoms with Gasteiger partial charge in [0.05, 0.1) is 11.5 Å². The number of nitrogens with two attached hydrogens (primary N) is 1. The highest BCUT2D eigenvalue weighted by Gasteiger charge is 2.30. The first-order valence-corrected chi connectivity index (χ1v) is 5.59. The second-order valence-corrected chi connectivity index (χ2v) is 5.12. The van der Waals surface area contributed by atoms with Crippen molar-refractivity contribution < 1.29 is 8.42 Å². The second kappa shape index (κ2) is 3.08. The largest absolute Gasteiger partial charge is 0.269 e. The van der Waals surface area contributed by atoms with Gasteiger partial charge in [-0.05, 0) is 6.42 Å². The third-order valence-electron chi connectivity index (χ3n) is 2.04. The Morgan fingerprint density at radius 2 is 2.27 bits per heavy atom. The Balaban J connectivity index is 2.55. The number of sulfone groups is 1. The van der Waals surface area contributed by atoms with Crippen LogP contribution >= 0.6 is 0 Å². The van der Waals surface area contributed by atoms with Gasteiger partial charge in [-0.2, -0.15) is 0 Å². The van der Waals surface area contributed by atoms with E-state index >= 15 is 0 Å². The summed E-state index contributed by atoms with van der Waals surface area (Å²) in [4.78, 5) is 0. The van der Waals surface area contributed by atoms with E-state index in [-0.39, 0.29) is 11.8 Å². The molecule has 0 aromatic heterocycles. The molecule has 0 saturated carbocycles. The van der Waals surface area contributed by atoms with Crippen molar-refractivity contribution in [3.63, 3.8) is 0 Å². The molecule has 5 heteroatoms. The molecule has 0 amide bonds. The lowest BCUT2D eigenvalue weighted by Crippen LogP contribution is -2.41. The van der Waals surface area contributed by atoms with E-state index in [1.165, 1.54) is 0 Å². The van der Waals surface area contributed by atoms with Crippen LogP contribution in [0.25, 0.3) is 0 Å². The third kappa shape index (κ3) is 2.15. The maximum atomic E-state index is 11.0. The zero-order chi connectivity index (χ0) is 8.48. The van der Waals surface area contributed by atoms with E-state index in [2.05, 4.69) is 0 Å². The second-order valence-electron chi connectivity index (χ2n) is 2.89. The van der Waals surface area contributed by atoms with Crippen molar-refractivity contribution in [1.29, 1.82) is 0 Å². The number of nitrogens with zero attached hydrogens (tertiary/aromatic N) is 1. The molecule has 0 aliphatic carbocycles. The summed E-state index contributed by atoms with van der Waals surface area (Å²) < 4.78 is 22.0. The Labute approximate surface area is 67.3 Å². The molecule has 1 aliphatic heterocycles. The minimum absolute atomic E-state index is 0.0463. The summed E-state index contributed by atoms with van der Waals surface area (Å²) in [7, 11) is -2.77. The molecule has 0 bridgehead atoms. The molecule has 66 valence electrons. The lowest BCUT2D eigenvalue weighted by Gasteiger charge is -2.19. The Hall–Kier alpha value is -0.130. The molecule has 1 rings (SSSR count). The minimum Gasteiger partial charge on any atom is -0.269 e. The molecule has 1 fully saturated rings. The molecule has 0 aromatic rings. The fourth-order valence-electron chi connectivity index (χ4n) is 1.30. The van der Waals surface area contributed by atoms with Gasteiger partial charge in [0.1, 0.15) is 0 Å². The summed E-state index contributed by atoms with van der Waals surface area (Å²) in [6, 6.07) is 0.0463. The van der Waals surface area contributed by atoms with Crippen molar-refractivity contribution in [3.05, 3.63) is 0 Å². The molecular weight excluding hydrogens is 164 g/mol. The van der Waals surface area contributed by atoms with Crippen LogP contribution in [-0.2, 0) is 9.84 Å². The molecule has 0 aromatic carbocycles. The predicted octanol–water partition coefficient (Wildman–Crippen LogP) is -0.631. The molecule has 2 N–H and O–H groups in total. The lowest BCUT2D eigenvalue weighted by atomic mass is 10.2. The highest BCUT2D eigenvalue weighted by molar-refractivity contribution is 7.91. The summed E-state index contributed by atoms with van der Waals surface area (Å²) in [5.41, 5.74) is 0. The fraction of sp³-hybridized carbons (Fsp3) is 1.00. The normalized spacial score (nSPS) is 29.5. The maximum Gasteiger partial charge on any atom is 0.151 e. The average Bonchev–Trinajstić information content (AvgIpc) is 2.29.